The zero-order valence-corrected chi connectivity index (χ0v) is 17.1. The molecule has 0 aliphatic rings. The average molecular weight is 367 g/mol. The molecule has 0 aliphatic heterocycles. The van der Waals surface area contributed by atoms with Gasteiger partial charge in [0.15, 0.2) is 0 Å². The summed E-state index contributed by atoms with van der Waals surface area (Å²) >= 11 is 0. The molecule has 1 N–H and O–H groups in total. The Hall–Kier alpha value is -2.62. The van der Waals surface area contributed by atoms with Gasteiger partial charge < -0.3 is 10.2 Å². The lowest BCUT2D eigenvalue weighted by Gasteiger charge is -2.23. The van der Waals surface area contributed by atoms with Crippen LogP contribution in [-0.4, -0.2) is 18.4 Å². The standard InChI is InChI=1S/C23H30N2O2/c1-6-19-9-8-10-20(7-2)23(19)24-22(27)13-14-25(18(5)26)21-15-16(3)11-12-17(21)4/h8-12,15H,6-7,13-14H2,1-5H3,(H,24,27). The highest BCUT2D eigenvalue weighted by atomic mass is 16.2. The minimum atomic E-state index is -0.0674. The molecule has 2 aromatic carbocycles. The van der Waals surface area contributed by atoms with Crippen molar-refractivity contribution in [2.24, 2.45) is 0 Å². The van der Waals surface area contributed by atoms with E-state index in [-0.39, 0.29) is 18.2 Å². The van der Waals surface area contributed by atoms with E-state index in [4.69, 9.17) is 0 Å². The van der Waals surface area contributed by atoms with Crippen molar-refractivity contribution < 1.29 is 9.59 Å². The van der Waals surface area contributed by atoms with Gasteiger partial charge in [0.05, 0.1) is 0 Å². The van der Waals surface area contributed by atoms with Gasteiger partial charge in [-0.1, -0.05) is 44.2 Å². The second-order valence-electron chi connectivity index (χ2n) is 6.92. The van der Waals surface area contributed by atoms with Crippen LogP contribution < -0.4 is 10.2 Å². The predicted molar refractivity (Wildman–Crippen MR) is 112 cm³/mol. The van der Waals surface area contributed by atoms with Gasteiger partial charge >= 0.3 is 0 Å². The Morgan fingerprint density at radius 2 is 1.63 bits per heavy atom. The van der Waals surface area contributed by atoms with Crippen LogP contribution in [0.3, 0.4) is 0 Å². The van der Waals surface area contributed by atoms with E-state index in [0.29, 0.717) is 6.54 Å². The molecule has 2 rings (SSSR count). The molecule has 0 fully saturated rings. The number of carbonyl (C=O) groups is 2. The van der Waals surface area contributed by atoms with Gasteiger partial charge in [-0.25, -0.2) is 0 Å². The molecule has 0 heterocycles. The van der Waals surface area contributed by atoms with E-state index in [1.165, 1.54) is 0 Å². The largest absolute Gasteiger partial charge is 0.326 e. The van der Waals surface area contributed by atoms with Crippen molar-refractivity contribution in [2.45, 2.75) is 53.9 Å². The Kier molecular flexibility index (Phi) is 7.17. The van der Waals surface area contributed by atoms with E-state index in [0.717, 1.165) is 46.5 Å². The van der Waals surface area contributed by atoms with E-state index in [2.05, 4.69) is 19.2 Å². The number of rotatable bonds is 7. The zero-order chi connectivity index (χ0) is 20.0. The van der Waals surface area contributed by atoms with Gasteiger partial charge in [0.2, 0.25) is 11.8 Å². The molecule has 2 amide bonds. The molecule has 0 unspecified atom stereocenters. The number of carbonyl (C=O) groups excluding carboxylic acids is 2. The third kappa shape index (κ3) is 5.19. The van der Waals surface area contributed by atoms with Gasteiger partial charge in [-0.3, -0.25) is 9.59 Å². The van der Waals surface area contributed by atoms with E-state index in [1.54, 1.807) is 11.8 Å². The van der Waals surface area contributed by atoms with Crippen molar-refractivity contribution >= 4 is 23.2 Å². The molecular formula is C23H30N2O2. The number of nitrogens with zero attached hydrogens (tertiary/aromatic N) is 1. The zero-order valence-electron chi connectivity index (χ0n) is 17.1. The molecule has 0 saturated carbocycles. The number of anilines is 2. The lowest BCUT2D eigenvalue weighted by Crippen LogP contribution is -2.32. The summed E-state index contributed by atoms with van der Waals surface area (Å²) in [5.41, 5.74) is 6.20. The number of nitrogens with one attached hydrogen (secondary N) is 1. The third-order valence-corrected chi connectivity index (χ3v) is 4.86. The van der Waals surface area contributed by atoms with Crippen LogP contribution in [0.5, 0.6) is 0 Å². The molecule has 0 bridgehead atoms. The fourth-order valence-corrected chi connectivity index (χ4v) is 3.28. The Morgan fingerprint density at radius 3 is 2.19 bits per heavy atom. The predicted octanol–water partition coefficient (Wildman–Crippen LogP) is 4.81. The molecule has 27 heavy (non-hydrogen) atoms. The highest BCUT2D eigenvalue weighted by Gasteiger charge is 2.17. The summed E-state index contributed by atoms with van der Waals surface area (Å²) in [5.74, 6) is -0.123. The summed E-state index contributed by atoms with van der Waals surface area (Å²) in [7, 11) is 0. The molecular weight excluding hydrogens is 336 g/mol. The minimum Gasteiger partial charge on any atom is -0.326 e. The molecule has 0 radical (unpaired) electrons. The second-order valence-corrected chi connectivity index (χ2v) is 6.92. The van der Waals surface area contributed by atoms with E-state index >= 15 is 0 Å². The van der Waals surface area contributed by atoms with Crippen LogP contribution in [0.25, 0.3) is 0 Å². The summed E-state index contributed by atoms with van der Waals surface area (Å²) in [6.07, 6.45) is 1.99. The first-order chi connectivity index (χ1) is 12.9. The Morgan fingerprint density at radius 1 is 1.00 bits per heavy atom. The first-order valence-corrected chi connectivity index (χ1v) is 9.63. The van der Waals surface area contributed by atoms with Crippen molar-refractivity contribution in [2.75, 3.05) is 16.8 Å². The smallest absolute Gasteiger partial charge is 0.226 e. The van der Waals surface area contributed by atoms with Crippen LogP contribution in [-0.2, 0) is 22.4 Å². The van der Waals surface area contributed by atoms with Crippen LogP contribution in [0.4, 0.5) is 11.4 Å². The number of hydrogen-bond acceptors (Lipinski definition) is 2. The number of hydrogen-bond donors (Lipinski definition) is 1. The maximum atomic E-state index is 12.6. The van der Waals surface area contributed by atoms with E-state index < -0.39 is 0 Å². The van der Waals surface area contributed by atoms with E-state index in [9.17, 15) is 9.59 Å². The van der Waals surface area contributed by atoms with Crippen molar-refractivity contribution in [3.8, 4) is 0 Å². The van der Waals surface area contributed by atoms with Crippen molar-refractivity contribution in [3.63, 3.8) is 0 Å². The first kappa shape index (κ1) is 20.7. The molecule has 0 saturated heterocycles. The fourth-order valence-electron chi connectivity index (χ4n) is 3.28. The molecule has 144 valence electrons. The normalized spacial score (nSPS) is 10.6. The summed E-state index contributed by atoms with van der Waals surface area (Å²) in [6.45, 7) is 10.1. The van der Waals surface area contributed by atoms with Crippen LogP contribution in [0.1, 0.15) is 49.4 Å². The number of para-hydroxylation sites is 1. The lowest BCUT2D eigenvalue weighted by molar-refractivity contribution is -0.117. The number of amides is 2. The fraction of sp³-hybridized carbons (Fsp3) is 0.391. The topological polar surface area (TPSA) is 49.4 Å². The van der Waals surface area contributed by atoms with Crippen LogP contribution in [0.15, 0.2) is 36.4 Å². The second kappa shape index (κ2) is 9.36. The minimum absolute atomic E-state index is 0.0558. The van der Waals surface area contributed by atoms with Gasteiger partial charge in [-0.15, -0.1) is 0 Å². The number of aryl methyl sites for hydroxylation is 4. The van der Waals surface area contributed by atoms with Crippen LogP contribution >= 0.6 is 0 Å². The molecule has 0 atom stereocenters. The average Bonchev–Trinajstić information content (AvgIpc) is 2.64. The Balaban J connectivity index is 2.14. The monoisotopic (exact) mass is 366 g/mol. The summed E-state index contributed by atoms with van der Waals surface area (Å²) in [4.78, 5) is 26.5. The molecule has 0 aliphatic carbocycles. The van der Waals surface area contributed by atoms with E-state index in [1.807, 2.05) is 50.2 Å². The Labute approximate surface area is 162 Å². The molecule has 2 aromatic rings. The van der Waals surface area contributed by atoms with Crippen LogP contribution in [0, 0.1) is 13.8 Å². The summed E-state index contributed by atoms with van der Waals surface area (Å²) < 4.78 is 0. The number of benzene rings is 2. The molecule has 4 heteroatoms. The maximum absolute atomic E-state index is 12.6. The SMILES string of the molecule is CCc1cccc(CC)c1NC(=O)CCN(C(C)=O)c1cc(C)ccc1C. The van der Waals surface area contributed by atoms with Crippen molar-refractivity contribution in [3.05, 3.63) is 58.7 Å². The van der Waals surface area contributed by atoms with Gasteiger partial charge in [0, 0.05) is 31.3 Å². The highest BCUT2D eigenvalue weighted by Crippen LogP contribution is 2.24. The molecule has 4 nitrogen and oxygen atoms in total. The lowest BCUT2D eigenvalue weighted by atomic mass is 10.0. The highest BCUT2D eigenvalue weighted by molar-refractivity contribution is 5.96. The van der Waals surface area contributed by atoms with Gasteiger partial charge in [-0.05, 0) is 55.0 Å². The molecule has 0 spiro atoms. The van der Waals surface area contributed by atoms with Gasteiger partial charge in [0.1, 0.15) is 0 Å². The van der Waals surface area contributed by atoms with Gasteiger partial charge in [0.25, 0.3) is 0 Å². The third-order valence-electron chi connectivity index (χ3n) is 4.86. The Bertz CT molecular complexity index is 805. The quantitative estimate of drug-likeness (QED) is 0.764. The van der Waals surface area contributed by atoms with Gasteiger partial charge in [-0.2, -0.15) is 0 Å². The van der Waals surface area contributed by atoms with Crippen LogP contribution in [0.2, 0.25) is 0 Å². The summed E-state index contributed by atoms with van der Waals surface area (Å²) in [5, 5.41) is 3.08. The van der Waals surface area contributed by atoms with Crippen molar-refractivity contribution in [1.29, 1.82) is 0 Å². The maximum Gasteiger partial charge on any atom is 0.226 e. The molecule has 0 aromatic heterocycles. The summed E-state index contributed by atoms with van der Waals surface area (Å²) in [6, 6.07) is 12.2. The van der Waals surface area contributed by atoms with Crippen molar-refractivity contribution in [1.82, 2.24) is 0 Å². The first-order valence-electron chi connectivity index (χ1n) is 9.63.